The van der Waals surface area contributed by atoms with E-state index in [2.05, 4.69) is 23.3 Å². The largest absolute Gasteiger partial charge is 0.387 e. The van der Waals surface area contributed by atoms with Gasteiger partial charge < -0.3 is 25.2 Å². The van der Waals surface area contributed by atoms with Crippen molar-refractivity contribution in [2.75, 3.05) is 39.3 Å². The number of aliphatic hydroxyl groups is 1. The number of nitrogens with one attached hydrogen (secondary N) is 2. The van der Waals surface area contributed by atoms with Gasteiger partial charge in [0.05, 0.1) is 17.0 Å². The van der Waals surface area contributed by atoms with Gasteiger partial charge in [0.15, 0.2) is 0 Å². The standard InChI is InChI=1S/C28H33F3N4O2.C7H10N2O3S/c1-28(2,3)26(35(25(37)17-36)15-19-12-32-13-23(19)31)27-33-24(21-11-20(29)9-10-22(21)30)16-34(27)14-18-7-5-4-6-8-18;10-4-8-1-2-9-6(11)3-5(13)7(9)12/h4-11,16,19,23,26,32,36H,12-15,17H2,1-3H3;4-5,13H,1-3H2,(H,8,10). The van der Waals surface area contributed by atoms with Crippen molar-refractivity contribution in [2.45, 2.75) is 51.2 Å². The average Bonchev–Trinajstić information content (AvgIpc) is 3.74. The van der Waals surface area contributed by atoms with Crippen LogP contribution in [0.2, 0.25) is 0 Å². The summed E-state index contributed by atoms with van der Waals surface area (Å²) in [5, 5.41) is 14.7. The zero-order chi connectivity index (χ0) is 36.6. The normalized spacial score (nSPS) is 19.6. The smallest absolute Gasteiger partial charge is 0.248 e. The van der Waals surface area contributed by atoms with E-state index in [1.165, 1.54) is 4.90 Å². The van der Waals surface area contributed by atoms with E-state index in [9.17, 15) is 37.5 Å². The van der Waals surface area contributed by atoms with E-state index in [4.69, 9.17) is 4.98 Å². The van der Waals surface area contributed by atoms with Crippen LogP contribution in [-0.4, -0.2) is 99.3 Å². The zero-order valence-corrected chi connectivity index (χ0v) is 29.1. The molecule has 2 fully saturated rings. The van der Waals surface area contributed by atoms with Gasteiger partial charge in [-0.3, -0.25) is 24.1 Å². The number of likely N-dealkylation sites (tertiary alicyclic amines) is 1. The Balaban J connectivity index is 0.000000363. The topological polar surface area (TPSA) is 137 Å². The maximum absolute atomic E-state index is 14.8. The van der Waals surface area contributed by atoms with Crippen molar-refractivity contribution in [3.05, 3.63) is 77.8 Å². The Morgan fingerprint density at radius 3 is 2.48 bits per heavy atom. The fraction of sp³-hybridized carbons (Fsp3) is 0.457. The molecule has 2 aromatic carbocycles. The molecule has 1 aromatic heterocycles. The van der Waals surface area contributed by atoms with Gasteiger partial charge in [0.2, 0.25) is 24.1 Å². The van der Waals surface area contributed by atoms with Crippen LogP contribution in [0.3, 0.4) is 0 Å². The Morgan fingerprint density at radius 2 is 1.90 bits per heavy atom. The van der Waals surface area contributed by atoms with Gasteiger partial charge in [-0.15, -0.1) is 0 Å². The van der Waals surface area contributed by atoms with E-state index in [0.29, 0.717) is 31.9 Å². The quantitative estimate of drug-likeness (QED) is 0.0979. The van der Waals surface area contributed by atoms with E-state index < -0.39 is 52.9 Å². The Bertz CT molecular complexity index is 1650. The highest BCUT2D eigenvalue weighted by molar-refractivity contribution is 7.81. The molecule has 4 atom stereocenters. The molecule has 50 heavy (non-hydrogen) atoms. The lowest BCUT2D eigenvalue weighted by molar-refractivity contribution is -0.141. The minimum Gasteiger partial charge on any atom is -0.387 e. The molecule has 15 heteroatoms. The number of aliphatic hydroxyl groups excluding tert-OH is 1. The van der Waals surface area contributed by atoms with Crippen molar-refractivity contribution in [2.24, 2.45) is 11.3 Å². The summed E-state index contributed by atoms with van der Waals surface area (Å²) in [7, 11) is 0. The summed E-state index contributed by atoms with van der Waals surface area (Å²) in [6.45, 7) is 6.63. The van der Waals surface area contributed by atoms with Gasteiger partial charge in [0.25, 0.3) is 0 Å². The molecule has 2 aliphatic heterocycles. The van der Waals surface area contributed by atoms with Crippen LogP contribution in [0, 0.1) is 23.0 Å². The predicted molar refractivity (Wildman–Crippen MR) is 184 cm³/mol. The lowest BCUT2D eigenvalue weighted by Crippen LogP contribution is -2.47. The van der Waals surface area contributed by atoms with Gasteiger partial charge in [-0.2, -0.15) is 12.6 Å². The van der Waals surface area contributed by atoms with E-state index in [-0.39, 0.29) is 49.1 Å². The van der Waals surface area contributed by atoms with Crippen molar-refractivity contribution >= 4 is 36.8 Å². The van der Waals surface area contributed by atoms with Crippen LogP contribution in [0.25, 0.3) is 11.3 Å². The second kappa shape index (κ2) is 17.1. The molecule has 0 bridgehead atoms. The van der Waals surface area contributed by atoms with Crippen LogP contribution in [0.4, 0.5) is 13.2 Å². The molecule has 2 aliphatic rings. The van der Waals surface area contributed by atoms with Crippen LogP contribution in [-0.2, 0) is 25.7 Å². The molecule has 5 rings (SSSR count). The third-order valence-electron chi connectivity index (χ3n) is 8.51. The molecule has 0 spiro atoms. The minimum atomic E-state index is -1.13. The molecule has 0 radical (unpaired) electrons. The molecule has 3 N–H and O–H groups in total. The summed E-state index contributed by atoms with van der Waals surface area (Å²) < 4.78 is 45.2. The van der Waals surface area contributed by atoms with Crippen LogP contribution in [0.15, 0.2) is 54.7 Å². The highest BCUT2D eigenvalue weighted by Crippen LogP contribution is 2.40. The number of carbonyl (C=O) groups excluding carboxylic acids is 4. The van der Waals surface area contributed by atoms with Gasteiger partial charge in [-0.1, -0.05) is 51.1 Å². The molecular formula is C35H43F3N6O5S. The van der Waals surface area contributed by atoms with Crippen LogP contribution in [0.5, 0.6) is 0 Å². The van der Waals surface area contributed by atoms with Crippen molar-refractivity contribution in [3.8, 4) is 11.3 Å². The second-order valence-electron chi connectivity index (χ2n) is 13.3. The first kappa shape index (κ1) is 38.6. The Kier molecular flexibility index (Phi) is 13.2. The van der Waals surface area contributed by atoms with Gasteiger partial charge in [-0.05, 0) is 29.2 Å². The van der Waals surface area contributed by atoms with Crippen LogP contribution in [0.1, 0.15) is 44.6 Å². The summed E-state index contributed by atoms with van der Waals surface area (Å²) in [6.07, 6.45) is 1.21. The predicted octanol–water partition coefficient (Wildman–Crippen LogP) is 3.13. The number of thiol groups is 1. The highest BCUT2D eigenvalue weighted by atomic mass is 32.1. The summed E-state index contributed by atoms with van der Waals surface area (Å²) in [6, 6.07) is 12.1. The molecule has 3 heterocycles. The van der Waals surface area contributed by atoms with E-state index in [0.717, 1.165) is 28.7 Å². The highest BCUT2D eigenvalue weighted by Gasteiger charge is 2.41. The number of halogens is 3. The number of alkyl halides is 1. The molecule has 0 saturated carbocycles. The average molecular weight is 717 g/mol. The van der Waals surface area contributed by atoms with Crippen molar-refractivity contribution < 1.29 is 37.5 Å². The molecule has 3 aromatic rings. The number of rotatable bonds is 12. The van der Waals surface area contributed by atoms with Gasteiger partial charge in [0.1, 0.15) is 30.2 Å². The summed E-state index contributed by atoms with van der Waals surface area (Å²) in [5.74, 6) is -2.27. The van der Waals surface area contributed by atoms with Crippen molar-refractivity contribution in [1.82, 2.24) is 30.0 Å². The van der Waals surface area contributed by atoms with Crippen molar-refractivity contribution in [1.29, 1.82) is 0 Å². The maximum Gasteiger partial charge on any atom is 0.248 e. The number of carbonyl (C=O) groups is 4. The second-order valence-corrected chi connectivity index (χ2v) is 13.9. The third-order valence-corrected chi connectivity index (χ3v) is 8.91. The fourth-order valence-electron chi connectivity index (χ4n) is 6.08. The lowest BCUT2D eigenvalue weighted by atomic mass is 9.84. The van der Waals surface area contributed by atoms with E-state index in [1.54, 1.807) is 6.20 Å². The number of hydrogen-bond donors (Lipinski definition) is 4. The lowest BCUT2D eigenvalue weighted by Gasteiger charge is -2.41. The van der Waals surface area contributed by atoms with Crippen LogP contribution >= 0.6 is 12.6 Å². The Morgan fingerprint density at radius 1 is 1.18 bits per heavy atom. The molecular weight excluding hydrogens is 673 g/mol. The van der Waals surface area contributed by atoms with Gasteiger partial charge >= 0.3 is 0 Å². The number of nitrogens with zero attached hydrogens (tertiary/aromatic N) is 4. The molecule has 270 valence electrons. The first-order valence-electron chi connectivity index (χ1n) is 16.3. The number of aromatic nitrogens is 2. The third kappa shape index (κ3) is 9.52. The van der Waals surface area contributed by atoms with Crippen molar-refractivity contribution in [3.63, 3.8) is 0 Å². The SMILES string of the molecule is CC(C)(C)C(c1nc(-c2cc(F)ccc2F)cn1Cc1ccccc1)N(CC1CNCC1F)C(=O)CO.O=CNCCN1C(=O)CC(S)C1=O. The zero-order valence-electron chi connectivity index (χ0n) is 28.2. The summed E-state index contributed by atoms with van der Waals surface area (Å²) >= 11 is 3.95. The van der Waals surface area contributed by atoms with Gasteiger partial charge in [0, 0.05) is 63.4 Å². The van der Waals surface area contributed by atoms with E-state index >= 15 is 0 Å². The molecule has 11 nitrogen and oxygen atoms in total. The van der Waals surface area contributed by atoms with Gasteiger partial charge in [-0.25, -0.2) is 18.2 Å². The first-order valence-corrected chi connectivity index (χ1v) is 16.8. The number of amides is 4. The number of imidazole rings is 1. The maximum atomic E-state index is 14.8. The summed E-state index contributed by atoms with van der Waals surface area (Å²) in [4.78, 5) is 52.7. The number of hydrogen-bond acceptors (Lipinski definition) is 8. The number of imide groups is 1. The van der Waals surface area contributed by atoms with Crippen LogP contribution < -0.4 is 10.6 Å². The minimum absolute atomic E-state index is 0.00423. The monoisotopic (exact) mass is 716 g/mol. The first-order chi connectivity index (χ1) is 23.7. The molecule has 4 unspecified atom stereocenters. The molecule has 4 amide bonds. The van der Waals surface area contributed by atoms with E-state index in [1.807, 2.05) is 55.7 Å². The Labute approximate surface area is 294 Å². The molecule has 0 aliphatic carbocycles. The Hall–Kier alpha value is -4.21. The fourth-order valence-corrected chi connectivity index (χ4v) is 6.38. The number of benzene rings is 2. The summed E-state index contributed by atoms with van der Waals surface area (Å²) in [5.41, 5.74) is 0.577. The molecule has 2 saturated heterocycles.